The number of nitro benzene ring substituents is 1. The van der Waals surface area contributed by atoms with Crippen LogP contribution in [0.3, 0.4) is 0 Å². The molecule has 5 rings (SSSR count). The van der Waals surface area contributed by atoms with Crippen molar-refractivity contribution in [3.8, 4) is 11.1 Å². The van der Waals surface area contributed by atoms with Gasteiger partial charge in [0.15, 0.2) is 20.5 Å². The number of hydrogen-bond acceptors (Lipinski definition) is 6. The fraction of sp³-hybridized carbons (Fsp3) is 0.250. The summed E-state index contributed by atoms with van der Waals surface area (Å²) in [5, 5.41) is 16.2. The van der Waals surface area contributed by atoms with Gasteiger partial charge in [0.25, 0.3) is 5.69 Å². The first-order valence-corrected chi connectivity index (χ1v) is 12.5. The van der Waals surface area contributed by atoms with Crippen LogP contribution in [0.25, 0.3) is 16.8 Å². The number of nitro groups is 1. The number of nitrogens with zero attached hydrogens (tertiary/aromatic N) is 4. The highest BCUT2D eigenvalue weighted by Gasteiger charge is 2.31. The van der Waals surface area contributed by atoms with Crippen LogP contribution in [0.5, 0.6) is 0 Å². The van der Waals surface area contributed by atoms with Crippen LogP contribution < -0.4 is 0 Å². The Kier molecular flexibility index (Phi) is 5.01. The van der Waals surface area contributed by atoms with Gasteiger partial charge >= 0.3 is 0 Å². The monoisotopic (exact) mass is 462 g/mol. The molecule has 0 unspecified atom stereocenters. The van der Waals surface area contributed by atoms with Crippen LogP contribution >= 0.6 is 0 Å². The lowest BCUT2D eigenvalue weighted by Crippen LogP contribution is -2.06. The van der Waals surface area contributed by atoms with Gasteiger partial charge in [-0.3, -0.25) is 10.1 Å². The van der Waals surface area contributed by atoms with Crippen LogP contribution in [-0.2, 0) is 16.3 Å². The van der Waals surface area contributed by atoms with E-state index in [9.17, 15) is 18.5 Å². The molecule has 0 amide bonds. The second-order valence-electron chi connectivity index (χ2n) is 8.53. The highest BCUT2D eigenvalue weighted by molar-refractivity contribution is 7.90. The Hall–Kier alpha value is -3.59. The summed E-state index contributed by atoms with van der Waals surface area (Å²) in [7, 11) is -3.46. The molecule has 2 aromatic carbocycles. The van der Waals surface area contributed by atoms with Crippen molar-refractivity contribution in [1.29, 1.82) is 0 Å². The number of para-hydroxylation sites is 1. The van der Waals surface area contributed by atoms with Gasteiger partial charge in [-0.2, -0.15) is 5.10 Å². The Labute approximate surface area is 191 Å². The molecule has 168 valence electrons. The number of hydrogen-bond donors (Lipinski definition) is 0. The van der Waals surface area contributed by atoms with Gasteiger partial charge in [-0.1, -0.05) is 36.4 Å². The molecule has 33 heavy (non-hydrogen) atoms. The molecular formula is C24H22N4O4S. The minimum absolute atomic E-state index is 0.0442. The van der Waals surface area contributed by atoms with Crippen molar-refractivity contribution in [3.63, 3.8) is 0 Å². The Morgan fingerprint density at radius 2 is 1.82 bits per heavy atom. The zero-order chi connectivity index (χ0) is 23.3. The van der Waals surface area contributed by atoms with Crippen LogP contribution in [0.2, 0.25) is 0 Å². The molecule has 1 aliphatic rings. The molecule has 0 atom stereocenters. The van der Waals surface area contributed by atoms with Crippen molar-refractivity contribution >= 4 is 21.2 Å². The molecule has 0 spiro atoms. The van der Waals surface area contributed by atoms with E-state index in [0.717, 1.165) is 47.2 Å². The third-order valence-electron chi connectivity index (χ3n) is 5.96. The van der Waals surface area contributed by atoms with Crippen LogP contribution in [0, 0.1) is 17.0 Å². The van der Waals surface area contributed by atoms with Crippen molar-refractivity contribution in [1.82, 2.24) is 14.6 Å². The third-order valence-corrected chi connectivity index (χ3v) is 6.93. The fourth-order valence-electron chi connectivity index (χ4n) is 4.12. The highest BCUT2D eigenvalue weighted by atomic mass is 32.2. The van der Waals surface area contributed by atoms with E-state index in [0.29, 0.717) is 23.5 Å². The zero-order valence-corrected chi connectivity index (χ0v) is 19.0. The lowest BCUT2D eigenvalue weighted by molar-refractivity contribution is -0.384. The summed E-state index contributed by atoms with van der Waals surface area (Å²) in [6.45, 7) is 1.83. The first-order chi connectivity index (χ1) is 15.7. The number of aryl methyl sites for hydroxylation is 1. The maximum Gasteiger partial charge on any atom is 0.277 e. The minimum Gasteiger partial charge on any atom is -0.258 e. The van der Waals surface area contributed by atoms with Gasteiger partial charge in [0, 0.05) is 35.9 Å². The molecule has 0 aliphatic heterocycles. The van der Waals surface area contributed by atoms with E-state index in [1.165, 1.54) is 6.07 Å². The van der Waals surface area contributed by atoms with E-state index in [1.54, 1.807) is 28.8 Å². The van der Waals surface area contributed by atoms with Crippen molar-refractivity contribution in [2.75, 3.05) is 6.26 Å². The molecule has 1 saturated carbocycles. The quantitative estimate of drug-likeness (QED) is 0.237. The van der Waals surface area contributed by atoms with Gasteiger partial charge in [-0.15, -0.1) is 0 Å². The number of benzene rings is 2. The molecule has 9 heteroatoms. The summed E-state index contributed by atoms with van der Waals surface area (Å²) in [4.78, 5) is 15.5. The summed E-state index contributed by atoms with van der Waals surface area (Å²) in [6, 6.07) is 15.9. The Bertz CT molecular complexity index is 1500. The maximum absolute atomic E-state index is 12.2. The van der Waals surface area contributed by atoms with Crippen LogP contribution in [0.15, 0.2) is 59.6 Å². The lowest BCUT2D eigenvalue weighted by atomic mass is 9.98. The molecule has 0 N–H and O–H groups in total. The highest BCUT2D eigenvalue weighted by Crippen LogP contribution is 2.42. The van der Waals surface area contributed by atoms with Crippen molar-refractivity contribution in [3.05, 3.63) is 87.2 Å². The second-order valence-corrected chi connectivity index (χ2v) is 10.5. The van der Waals surface area contributed by atoms with Gasteiger partial charge < -0.3 is 0 Å². The molecular weight excluding hydrogens is 440 g/mol. The molecule has 0 saturated heterocycles. The zero-order valence-electron chi connectivity index (χ0n) is 18.2. The standard InChI is InChI=1S/C24H22N4O4S/c1-15-13-22(33(2,31)32)25-24-20(23(18-11-12-18)26-27(15)24)14-16-7-9-17(10-8-16)19-5-3-4-6-21(19)28(29)30/h3-10,13,18H,11-12,14H2,1-2H3. The van der Waals surface area contributed by atoms with E-state index in [2.05, 4.69) is 4.98 Å². The smallest absolute Gasteiger partial charge is 0.258 e. The van der Waals surface area contributed by atoms with Crippen molar-refractivity contribution in [2.45, 2.75) is 37.1 Å². The summed E-state index contributed by atoms with van der Waals surface area (Å²) in [6.07, 6.45) is 3.83. The van der Waals surface area contributed by atoms with Crippen LogP contribution in [-0.4, -0.2) is 34.2 Å². The molecule has 2 heterocycles. The van der Waals surface area contributed by atoms with E-state index in [-0.39, 0.29) is 15.6 Å². The number of fused-ring (bicyclic) bond motifs is 1. The van der Waals surface area contributed by atoms with Gasteiger partial charge in [0.2, 0.25) is 0 Å². The molecule has 0 radical (unpaired) electrons. The molecule has 1 aliphatic carbocycles. The Morgan fingerprint density at radius 1 is 1.12 bits per heavy atom. The molecule has 4 aromatic rings. The van der Waals surface area contributed by atoms with E-state index < -0.39 is 9.84 Å². The average molecular weight is 463 g/mol. The fourth-order valence-corrected chi connectivity index (χ4v) is 4.76. The Balaban J connectivity index is 1.56. The van der Waals surface area contributed by atoms with Crippen molar-refractivity contribution < 1.29 is 13.3 Å². The third kappa shape index (κ3) is 4.00. The van der Waals surface area contributed by atoms with E-state index >= 15 is 0 Å². The number of rotatable bonds is 6. The molecule has 8 nitrogen and oxygen atoms in total. The number of sulfone groups is 1. The topological polar surface area (TPSA) is 107 Å². The van der Waals surface area contributed by atoms with E-state index in [1.807, 2.05) is 31.2 Å². The van der Waals surface area contributed by atoms with Gasteiger partial charge in [-0.05, 0) is 43.0 Å². The van der Waals surface area contributed by atoms with E-state index in [4.69, 9.17) is 5.10 Å². The summed E-state index contributed by atoms with van der Waals surface area (Å²) in [5.41, 5.74) is 5.60. The van der Waals surface area contributed by atoms with Crippen LogP contribution in [0.1, 0.15) is 41.3 Å². The van der Waals surface area contributed by atoms with Gasteiger partial charge in [0.05, 0.1) is 16.2 Å². The predicted octanol–water partition coefficient (Wildman–Crippen LogP) is 4.48. The second kappa shape index (κ2) is 7.77. The van der Waals surface area contributed by atoms with Gasteiger partial charge in [-0.25, -0.2) is 17.9 Å². The maximum atomic E-state index is 12.2. The van der Waals surface area contributed by atoms with Crippen LogP contribution in [0.4, 0.5) is 5.69 Å². The summed E-state index contributed by atoms with van der Waals surface area (Å²) < 4.78 is 26.1. The Morgan fingerprint density at radius 3 is 2.45 bits per heavy atom. The van der Waals surface area contributed by atoms with Gasteiger partial charge in [0.1, 0.15) is 0 Å². The number of aromatic nitrogens is 3. The normalized spacial score (nSPS) is 14.0. The minimum atomic E-state index is -3.46. The first kappa shape index (κ1) is 21.3. The first-order valence-electron chi connectivity index (χ1n) is 10.6. The predicted molar refractivity (Wildman–Crippen MR) is 124 cm³/mol. The lowest BCUT2D eigenvalue weighted by Gasteiger charge is -2.07. The SMILES string of the molecule is Cc1cc(S(C)(=O)=O)nc2c(Cc3ccc(-c4ccccc4[N+](=O)[O-])cc3)c(C3CC3)nn12. The molecule has 2 aromatic heterocycles. The molecule has 1 fully saturated rings. The summed E-state index contributed by atoms with van der Waals surface area (Å²) >= 11 is 0. The van der Waals surface area contributed by atoms with Crippen molar-refractivity contribution in [2.24, 2.45) is 0 Å². The average Bonchev–Trinajstić information content (AvgIpc) is 3.56. The summed E-state index contributed by atoms with van der Waals surface area (Å²) in [5.74, 6) is 0.369. The molecule has 0 bridgehead atoms. The largest absolute Gasteiger partial charge is 0.277 e.